The Kier molecular flexibility index (Phi) is 7.67. The predicted octanol–water partition coefficient (Wildman–Crippen LogP) is 4.47. The number of nitrogens with one attached hydrogen (secondary N) is 1. The lowest BCUT2D eigenvalue weighted by molar-refractivity contribution is 0.208. The minimum atomic E-state index is -0.134. The summed E-state index contributed by atoms with van der Waals surface area (Å²) in [5, 5.41) is 3.82. The molecule has 0 atom stereocenters. The summed E-state index contributed by atoms with van der Waals surface area (Å²) < 4.78 is 16.6. The number of carbonyl (C=O) groups is 1. The van der Waals surface area contributed by atoms with Gasteiger partial charge in [-0.3, -0.25) is 0 Å². The van der Waals surface area contributed by atoms with Gasteiger partial charge in [-0.15, -0.1) is 0 Å². The summed E-state index contributed by atoms with van der Waals surface area (Å²) in [5.41, 5.74) is 1.48. The zero-order valence-corrected chi connectivity index (χ0v) is 19.9. The fourth-order valence-corrected chi connectivity index (χ4v) is 3.81. The van der Waals surface area contributed by atoms with Crippen molar-refractivity contribution in [2.45, 2.75) is 6.92 Å². The number of urea groups is 1. The Morgan fingerprint density at radius 2 is 1.89 bits per heavy atom. The first-order chi connectivity index (χ1) is 17.1. The lowest BCUT2D eigenvalue weighted by Gasteiger charge is -2.35. The van der Waals surface area contributed by atoms with Crippen LogP contribution in [0.15, 0.2) is 67.7 Å². The predicted molar refractivity (Wildman–Crippen MR) is 136 cm³/mol. The molecule has 0 saturated carbocycles. The van der Waals surface area contributed by atoms with E-state index in [1.165, 1.54) is 0 Å². The van der Waals surface area contributed by atoms with Crippen LogP contribution in [0.3, 0.4) is 0 Å². The number of anilines is 2. The number of amides is 2. The van der Waals surface area contributed by atoms with Crippen molar-refractivity contribution in [2.24, 2.45) is 0 Å². The van der Waals surface area contributed by atoms with Gasteiger partial charge in [0.2, 0.25) is 0 Å². The fourth-order valence-electron chi connectivity index (χ4n) is 3.81. The molecule has 0 bridgehead atoms. The van der Waals surface area contributed by atoms with Gasteiger partial charge in [0, 0.05) is 43.3 Å². The number of allylic oxidation sites excluding steroid dienone is 1. The Labute approximate surface area is 204 Å². The maximum absolute atomic E-state index is 12.8. The van der Waals surface area contributed by atoms with Crippen LogP contribution < -0.4 is 24.4 Å². The summed E-state index contributed by atoms with van der Waals surface area (Å²) in [5.74, 6) is 2.73. The average Bonchev–Trinajstić information content (AvgIpc) is 2.90. The summed E-state index contributed by atoms with van der Waals surface area (Å²) in [6.45, 7) is 8.37. The number of benzene rings is 2. The minimum absolute atomic E-state index is 0.134. The molecular formula is C26H29N5O4. The maximum atomic E-state index is 12.8. The van der Waals surface area contributed by atoms with Crippen LogP contribution in [-0.4, -0.2) is 60.8 Å². The van der Waals surface area contributed by atoms with E-state index in [1.807, 2.05) is 49.4 Å². The molecule has 182 valence electrons. The van der Waals surface area contributed by atoms with E-state index in [0.717, 1.165) is 16.7 Å². The second-order valence-corrected chi connectivity index (χ2v) is 7.83. The standard InChI is InChI=1S/C26H29N5O4/c1-4-14-34-20-8-6-19(7-9-20)29-26(32)31-12-10-30(11-13-31)25-21-16-23(33-3)24(35-15-5-2)17-22(21)27-18-28-25/h4-9,14,16-18H,2,10-13,15H2,1,3H3,(H,29,32)/b14-4+. The third-order valence-corrected chi connectivity index (χ3v) is 5.57. The zero-order valence-electron chi connectivity index (χ0n) is 19.9. The molecule has 2 heterocycles. The number of rotatable bonds is 8. The van der Waals surface area contributed by atoms with Gasteiger partial charge in [0.25, 0.3) is 0 Å². The Morgan fingerprint density at radius 1 is 1.11 bits per heavy atom. The second-order valence-electron chi connectivity index (χ2n) is 7.83. The number of ether oxygens (including phenoxy) is 3. The Balaban J connectivity index is 1.42. The van der Waals surface area contributed by atoms with Gasteiger partial charge in [0.1, 0.15) is 24.5 Å². The van der Waals surface area contributed by atoms with Crippen molar-refractivity contribution in [3.8, 4) is 17.2 Å². The van der Waals surface area contributed by atoms with Gasteiger partial charge in [-0.1, -0.05) is 18.7 Å². The van der Waals surface area contributed by atoms with Crippen molar-refractivity contribution < 1.29 is 19.0 Å². The molecule has 0 unspecified atom stereocenters. The van der Waals surface area contributed by atoms with Crippen LogP contribution in [0.5, 0.6) is 17.2 Å². The van der Waals surface area contributed by atoms with Crippen LogP contribution in [-0.2, 0) is 0 Å². The summed E-state index contributed by atoms with van der Waals surface area (Å²) in [4.78, 5) is 25.7. The molecule has 0 aliphatic carbocycles. The molecule has 35 heavy (non-hydrogen) atoms. The molecule has 1 saturated heterocycles. The van der Waals surface area contributed by atoms with Crippen molar-refractivity contribution >= 4 is 28.4 Å². The van der Waals surface area contributed by atoms with E-state index < -0.39 is 0 Å². The van der Waals surface area contributed by atoms with E-state index in [0.29, 0.717) is 55.7 Å². The number of carbonyl (C=O) groups excluding carboxylic acids is 1. The first-order valence-corrected chi connectivity index (χ1v) is 11.4. The number of hydrogen-bond acceptors (Lipinski definition) is 7. The first kappa shape index (κ1) is 23.9. The molecule has 2 aromatic carbocycles. The Bertz CT molecular complexity index is 1200. The smallest absolute Gasteiger partial charge is 0.321 e. The number of aromatic nitrogens is 2. The SMILES string of the molecule is C=CCOc1cc2ncnc(N3CCN(C(=O)Nc4ccc(O/C=C/C)cc4)CC3)c2cc1OC. The topological polar surface area (TPSA) is 89.1 Å². The van der Waals surface area contributed by atoms with Crippen molar-refractivity contribution in [2.75, 3.05) is 50.1 Å². The molecule has 3 aromatic rings. The van der Waals surface area contributed by atoms with Crippen LogP contribution in [0, 0.1) is 0 Å². The molecule has 2 amide bonds. The molecule has 1 aromatic heterocycles. The number of piperazine rings is 1. The fraction of sp³-hybridized carbons (Fsp3) is 0.269. The molecule has 0 radical (unpaired) electrons. The van der Waals surface area contributed by atoms with Crippen LogP contribution in [0.1, 0.15) is 6.92 Å². The molecule has 1 fully saturated rings. The van der Waals surface area contributed by atoms with E-state index in [4.69, 9.17) is 14.2 Å². The Morgan fingerprint density at radius 3 is 2.57 bits per heavy atom. The lowest BCUT2D eigenvalue weighted by Crippen LogP contribution is -2.50. The Hall–Kier alpha value is -4.27. The normalized spacial score (nSPS) is 13.7. The quantitative estimate of drug-likeness (QED) is 0.380. The third-order valence-electron chi connectivity index (χ3n) is 5.57. The molecule has 9 nitrogen and oxygen atoms in total. The number of methoxy groups -OCH3 is 1. The highest BCUT2D eigenvalue weighted by atomic mass is 16.5. The molecular weight excluding hydrogens is 446 g/mol. The molecule has 9 heteroatoms. The average molecular weight is 476 g/mol. The largest absolute Gasteiger partial charge is 0.493 e. The van der Waals surface area contributed by atoms with E-state index in [2.05, 4.69) is 26.8 Å². The maximum Gasteiger partial charge on any atom is 0.321 e. The zero-order chi connectivity index (χ0) is 24.6. The van der Waals surface area contributed by atoms with E-state index in [1.54, 1.807) is 30.7 Å². The van der Waals surface area contributed by atoms with Crippen molar-refractivity contribution in [3.05, 3.63) is 67.7 Å². The number of hydrogen-bond donors (Lipinski definition) is 1. The monoisotopic (exact) mass is 475 g/mol. The molecule has 4 rings (SSSR count). The van der Waals surface area contributed by atoms with Gasteiger partial charge < -0.3 is 29.3 Å². The summed E-state index contributed by atoms with van der Waals surface area (Å²) in [7, 11) is 1.60. The van der Waals surface area contributed by atoms with Gasteiger partial charge >= 0.3 is 6.03 Å². The molecule has 0 spiro atoms. The van der Waals surface area contributed by atoms with Gasteiger partial charge in [0.15, 0.2) is 11.5 Å². The molecule has 1 aliphatic heterocycles. The summed E-state index contributed by atoms with van der Waals surface area (Å²) >= 11 is 0. The van der Waals surface area contributed by atoms with Crippen LogP contribution >= 0.6 is 0 Å². The summed E-state index contributed by atoms with van der Waals surface area (Å²) in [6, 6.07) is 10.9. The van der Waals surface area contributed by atoms with E-state index in [-0.39, 0.29) is 6.03 Å². The van der Waals surface area contributed by atoms with Crippen LogP contribution in [0.25, 0.3) is 10.9 Å². The van der Waals surface area contributed by atoms with Crippen molar-refractivity contribution in [3.63, 3.8) is 0 Å². The lowest BCUT2D eigenvalue weighted by atomic mass is 10.2. The minimum Gasteiger partial charge on any atom is -0.493 e. The van der Waals surface area contributed by atoms with E-state index in [9.17, 15) is 4.79 Å². The third kappa shape index (κ3) is 5.63. The van der Waals surface area contributed by atoms with Crippen LogP contribution in [0.4, 0.5) is 16.3 Å². The number of fused-ring (bicyclic) bond motifs is 1. The number of nitrogens with zero attached hydrogens (tertiary/aromatic N) is 4. The first-order valence-electron chi connectivity index (χ1n) is 11.4. The second kappa shape index (κ2) is 11.2. The van der Waals surface area contributed by atoms with E-state index >= 15 is 0 Å². The van der Waals surface area contributed by atoms with Gasteiger partial charge in [-0.25, -0.2) is 14.8 Å². The van der Waals surface area contributed by atoms with Gasteiger partial charge in [-0.2, -0.15) is 0 Å². The molecule has 1 N–H and O–H groups in total. The highest BCUT2D eigenvalue weighted by Crippen LogP contribution is 2.35. The van der Waals surface area contributed by atoms with Gasteiger partial charge in [0.05, 0.1) is 18.9 Å². The van der Waals surface area contributed by atoms with Crippen LogP contribution in [0.2, 0.25) is 0 Å². The highest BCUT2D eigenvalue weighted by Gasteiger charge is 2.24. The summed E-state index contributed by atoms with van der Waals surface area (Å²) in [6.07, 6.45) is 6.65. The highest BCUT2D eigenvalue weighted by molar-refractivity contribution is 5.92. The van der Waals surface area contributed by atoms with Gasteiger partial charge in [-0.05, 0) is 37.3 Å². The van der Waals surface area contributed by atoms with Crippen molar-refractivity contribution in [1.29, 1.82) is 0 Å². The van der Waals surface area contributed by atoms with Crippen molar-refractivity contribution in [1.82, 2.24) is 14.9 Å². The molecule has 1 aliphatic rings.